The summed E-state index contributed by atoms with van der Waals surface area (Å²) in [6, 6.07) is 0. The number of hydrogen-bond acceptors (Lipinski definition) is 2. The highest BCUT2D eigenvalue weighted by Gasteiger charge is 2.41. The number of nitrogens with one attached hydrogen (secondary N) is 1. The fourth-order valence-electron chi connectivity index (χ4n) is 4.40. The van der Waals surface area contributed by atoms with Crippen LogP contribution >= 0.6 is 0 Å². The van der Waals surface area contributed by atoms with Crippen molar-refractivity contribution >= 4 is 11.8 Å². The molecule has 120 valence electrons. The first-order valence-corrected chi connectivity index (χ1v) is 8.66. The average molecular weight is 293 g/mol. The van der Waals surface area contributed by atoms with E-state index in [1.54, 1.807) is 0 Å². The van der Waals surface area contributed by atoms with E-state index in [9.17, 15) is 9.59 Å². The summed E-state index contributed by atoms with van der Waals surface area (Å²) >= 11 is 0. The fourth-order valence-corrected chi connectivity index (χ4v) is 4.40. The monoisotopic (exact) mass is 293 g/mol. The summed E-state index contributed by atoms with van der Waals surface area (Å²) in [6.07, 6.45) is 7.36. The maximum absolute atomic E-state index is 12.1. The molecular weight excluding hydrogens is 262 g/mol. The van der Waals surface area contributed by atoms with Crippen LogP contribution in [0.25, 0.3) is 0 Å². The van der Waals surface area contributed by atoms with Gasteiger partial charge in [0, 0.05) is 12.3 Å². The molecule has 1 aliphatic carbocycles. The van der Waals surface area contributed by atoms with Crippen LogP contribution in [0.3, 0.4) is 0 Å². The first-order valence-electron chi connectivity index (χ1n) is 8.66. The highest BCUT2D eigenvalue weighted by molar-refractivity contribution is 5.99. The van der Waals surface area contributed by atoms with Gasteiger partial charge in [0.1, 0.15) is 0 Å². The molecule has 21 heavy (non-hydrogen) atoms. The van der Waals surface area contributed by atoms with Crippen molar-refractivity contribution in [2.24, 2.45) is 29.1 Å². The molecule has 0 bridgehead atoms. The minimum Gasteiger partial charge on any atom is -0.296 e. The van der Waals surface area contributed by atoms with Gasteiger partial charge in [-0.05, 0) is 55.3 Å². The van der Waals surface area contributed by atoms with Crippen LogP contribution in [0.5, 0.6) is 0 Å². The molecule has 2 unspecified atom stereocenters. The van der Waals surface area contributed by atoms with Crippen LogP contribution in [-0.4, -0.2) is 11.8 Å². The second kappa shape index (κ2) is 6.50. The smallest absolute Gasteiger partial charge is 0.229 e. The normalized spacial score (nSPS) is 34.7. The van der Waals surface area contributed by atoms with E-state index in [1.165, 1.54) is 25.7 Å². The number of carbonyl (C=O) groups is 2. The lowest BCUT2D eigenvalue weighted by Crippen LogP contribution is -2.48. The Morgan fingerprint density at radius 2 is 1.71 bits per heavy atom. The molecule has 1 heterocycles. The van der Waals surface area contributed by atoms with E-state index in [-0.39, 0.29) is 23.7 Å². The molecule has 0 aromatic heterocycles. The zero-order valence-corrected chi connectivity index (χ0v) is 14.1. The second-order valence-electron chi connectivity index (χ2n) is 8.15. The Hall–Kier alpha value is -0.860. The molecule has 2 rings (SSSR count). The Kier molecular flexibility index (Phi) is 5.11. The van der Waals surface area contributed by atoms with Gasteiger partial charge in [0.05, 0.1) is 0 Å². The van der Waals surface area contributed by atoms with Crippen LogP contribution in [0.15, 0.2) is 0 Å². The first kappa shape index (κ1) is 16.5. The van der Waals surface area contributed by atoms with Crippen LogP contribution in [0.1, 0.15) is 72.6 Å². The Morgan fingerprint density at radius 3 is 2.24 bits per heavy atom. The molecule has 2 aliphatic rings. The van der Waals surface area contributed by atoms with E-state index in [0.717, 1.165) is 18.8 Å². The van der Waals surface area contributed by atoms with E-state index in [2.05, 4.69) is 33.0 Å². The van der Waals surface area contributed by atoms with Crippen molar-refractivity contribution in [2.45, 2.75) is 72.6 Å². The van der Waals surface area contributed by atoms with Crippen molar-refractivity contribution in [3.8, 4) is 0 Å². The second-order valence-corrected chi connectivity index (χ2v) is 8.15. The zero-order valence-electron chi connectivity index (χ0n) is 14.1. The molecule has 1 N–H and O–H groups in total. The zero-order chi connectivity index (χ0) is 15.6. The summed E-state index contributed by atoms with van der Waals surface area (Å²) in [6.45, 7) is 9.11. The molecule has 0 aromatic carbocycles. The van der Waals surface area contributed by atoms with Crippen molar-refractivity contribution in [1.82, 2.24) is 5.32 Å². The summed E-state index contributed by atoms with van der Waals surface area (Å²) in [5, 5.41) is 2.54. The van der Waals surface area contributed by atoms with Gasteiger partial charge in [-0.3, -0.25) is 14.9 Å². The summed E-state index contributed by atoms with van der Waals surface area (Å²) in [5.74, 6) is 1.61. The molecule has 1 saturated carbocycles. The van der Waals surface area contributed by atoms with Crippen molar-refractivity contribution in [3.63, 3.8) is 0 Å². The molecule has 1 aliphatic heterocycles. The number of amides is 2. The van der Waals surface area contributed by atoms with Crippen molar-refractivity contribution in [1.29, 1.82) is 0 Å². The lowest BCUT2D eigenvalue weighted by atomic mass is 9.64. The van der Waals surface area contributed by atoms with E-state index < -0.39 is 0 Å². The number of hydrogen-bond donors (Lipinski definition) is 1. The number of piperidine rings is 1. The van der Waals surface area contributed by atoms with Crippen LogP contribution in [0.2, 0.25) is 0 Å². The van der Waals surface area contributed by atoms with Crippen LogP contribution in [-0.2, 0) is 9.59 Å². The van der Waals surface area contributed by atoms with Crippen molar-refractivity contribution < 1.29 is 9.59 Å². The van der Waals surface area contributed by atoms with Gasteiger partial charge in [-0.1, -0.05) is 34.1 Å². The molecule has 0 aromatic rings. The van der Waals surface area contributed by atoms with Gasteiger partial charge in [-0.2, -0.15) is 0 Å². The van der Waals surface area contributed by atoms with Gasteiger partial charge in [0.25, 0.3) is 0 Å². The standard InChI is InChI=1S/C18H31NO2/c1-5-6-14-15(11-16(20)19-17(14)21)12-7-9-13(10-8-12)18(2,3)4/h12-15H,5-11H2,1-4H3,(H,19,20,21). The third kappa shape index (κ3) is 3.87. The quantitative estimate of drug-likeness (QED) is 0.802. The minimum absolute atomic E-state index is 0.0176. The number of carbonyl (C=O) groups excluding carboxylic acids is 2. The molecule has 2 fully saturated rings. The van der Waals surface area contributed by atoms with Gasteiger partial charge in [-0.25, -0.2) is 0 Å². The van der Waals surface area contributed by atoms with Gasteiger partial charge >= 0.3 is 0 Å². The summed E-state index contributed by atoms with van der Waals surface area (Å²) < 4.78 is 0. The van der Waals surface area contributed by atoms with E-state index in [1.807, 2.05) is 0 Å². The first-order chi connectivity index (χ1) is 9.82. The molecular formula is C18H31NO2. The third-order valence-corrected chi connectivity index (χ3v) is 5.74. The van der Waals surface area contributed by atoms with E-state index in [0.29, 0.717) is 17.8 Å². The predicted octanol–water partition coefficient (Wildman–Crippen LogP) is 3.92. The number of rotatable bonds is 3. The molecule has 3 nitrogen and oxygen atoms in total. The predicted molar refractivity (Wildman–Crippen MR) is 84.6 cm³/mol. The van der Waals surface area contributed by atoms with Crippen LogP contribution < -0.4 is 5.32 Å². The van der Waals surface area contributed by atoms with Crippen molar-refractivity contribution in [3.05, 3.63) is 0 Å². The van der Waals surface area contributed by atoms with Gasteiger partial charge in [-0.15, -0.1) is 0 Å². The van der Waals surface area contributed by atoms with Gasteiger partial charge in [0.2, 0.25) is 11.8 Å². The Bertz CT molecular complexity index is 389. The maximum Gasteiger partial charge on any atom is 0.229 e. The highest BCUT2D eigenvalue weighted by Crippen LogP contribution is 2.45. The average Bonchev–Trinajstić information content (AvgIpc) is 2.41. The molecule has 1 saturated heterocycles. The molecule has 0 radical (unpaired) electrons. The molecule has 2 atom stereocenters. The Balaban J connectivity index is 2.02. The number of imide groups is 1. The van der Waals surface area contributed by atoms with Crippen molar-refractivity contribution in [2.75, 3.05) is 0 Å². The minimum atomic E-state index is -0.0599. The SMILES string of the molecule is CCCC1C(=O)NC(=O)CC1C1CCC(C(C)(C)C)CC1. The molecule has 3 heteroatoms. The topological polar surface area (TPSA) is 46.2 Å². The van der Waals surface area contributed by atoms with Crippen LogP contribution in [0, 0.1) is 29.1 Å². The molecule has 2 amide bonds. The summed E-state index contributed by atoms with van der Waals surface area (Å²) in [7, 11) is 0. The fraction of sp³-hybridized carbons (Fsp3) is 0.889. The van der Waals surface area contributed by atoms with Gasteiger partial charge in [0.15, 0.2) is 0 Å². The summed E-state index contributed by atoms with van der Waals surface area (Å²) in [4.78, 5) is 23.9. The van der Waals surface area contributed by atoms with E-state index in [4.69, 9.17) is 0 Å². The van der Waals surface area contributed by atoms with Crippen LogP contribution in [0.4, 0.5) is 0 Å². The molecule has 0 spiro atoms. The summed E-state index contributed by atoms with van der Waals surface area (Å²) in [5.41, 5.74) is 0.382. The Morgan fingerprint density at radius 1 is 1.10 bits per heavy atom. The highest BCUT2D eigenvalue weighted by atomic mass is 16.2. The maximum atomic E-state index is 12.1. The van der Waals surface area contributed by atoms with Gasteiger partial charge < -0.3 is 0 Å². The Labute approximate surface area is 129 Å². The van der Waals surface area contributed by atoms with E-state index >= 15 is 0 Å². The largest absolute Gasteiger partial charge is 0.296 e. The lowest BCUT2D eigenvalue weighted by Gasteiger charge is -2.42. The third-order valence-electron chi connectivity index (χ3n) is 5.74. The lowest BCUT2D eigenvalue weighted by molar-refractivity contribution is -0.141.